The molecule has 0 spiro atoms. The molecule has 6 nitrogen and oxygen atoms in total. The summed E-state index contributed by atoms with van der Waals surface area (Å²) < 4.78 is 0. The first kappa shape index (κ1) is 24.4. The van der Waals surface area contributed by atoms with Gasteiger partial charge in [0.1, 0.15) is 5.82 Å². The quantitative estimate of drug-likeness (QED) is 0.332. The Morgan fingerprint density at radius 3 is 2.53 bits per heavy atom. The highest BCUT2D eigenvalue weighted by Crippen LogP contribution is 2.16. The van der Waals surface area contributed by atoms with Gasteiger partial charge in [0.25, 0.3) is 0 Å². The van der Waals surface area contributed by atoms with Gasteiger partial charge in [0.05, 0.1) is 6.54 Å². The van der Waals surface area contributed by atoms with E-state index in [1.807, 2.05) is 31.3 Å². The molecule has 2 N–H and O–H groups in total. The predicted molar refractivity (Wildman–Crippen MR) is 137 cm³/mol. The summed E-state index contributed by atoms with van der Waals surface area (Å²) in [6.45, 7) is 6.83. The summed E-state index contributed by atoms with van der Waals surface area (Å²) in [5.74, 6) is 1.86. The van der Waals surface area contributed by atoms with E-state index in [4.69, 9.17) is 4.99 Å². The smallest absolute Gasteiger partial charge is 0.191 e. The number of hydrogen-bond donors (Lipinski definition) is 2. The summed E-state index contributed by atoms with van der Waals surface area (Å²) in [7, 11) is 4.03. The molecule has 1 aromatic heterocycles. The van der Waals surface area contributed by atoms with Gasteiger partial charge in [0.2, 0.25) is 0 Å². The fraction of sp³-hybridized carbons (Fsp3) is 0.478. The van der Waals surface area contributed by atoms with Crippen LogP contribution >= 0.6 is 24.0 Å². The number of guanidine groups is 1. The summed E-state index contributed by atoms with van der Waals surface area (Å²) in [5.41, 5.74) is 2.52. The Labute approximate surface area is 198 Å². The lowest BCUT2D eigenvalue weighted by atomic mass is 10.0. The summed E-state index contributed by atoms with van der Waals surface area (Å²) in [5, 5.41) is 7.03. The van der Waals surface area contributed by atoms with Crippen molar-refractivity contribution in [3.05, 3.63) is 59.8 Å². The molecular formula is C23H35IN6. The molecule has 164 valence electrons. The van der Waals surface area contributed by atoms with Crippen LogP contribution < -0.4 is 15.5 Å². The Balaban J connectivity index is 0.00000320. The Hall–Kier alpha value is -1.87. The molecule has 2 aromatic rings. The maximum atomic E-state index is 4.82. The van der Waals surface area contributed by atoms with E-state index in [1.165, 1.54) is 5.56 Å². The second kappa shape index (κ2) is 12.7. The van der Waals surface area contributed by atoms with Crippen LogP contribution in [-0.2, 0) is 13.1 Å². The van der Waals surface area contributed by atoms with Crippen molar-refractivity contribution in [1.82, 2.24) is 20.5 Å². The topological polar surface area (TPSA) is 55.8 Å². The first-order valence-electron chi connectivity index (χ1n) is 10.6. The molecule has 0 bridgehead atoms. The number of aromatic nitrogens is 1. The summed E-state index contributed by atoms with van der Waals surface area (Å²) >= 11 is 0. The van der Waals surface area contributed by atoms with Gasteiger partial charge < -0.3 is 15.5 Å². The van der Waals surface area contributed by atoms with E-state index in [0.717, 1.165) is 56.4 Å². The third kappa shape index (κ3) is 7.43. The summed E-state index contributed by atoms with van der Waals surface area (Å²) in [6, 6.07) is 15.3. The van der Waals surface area contributed by atoms with Gasteiger partial charge in [-0.3, -0.25) is 4.90 Å². The standard InChI is InChI=1S/C23H34N6.HI/c1-4-24-23(26-17-20-11-8-14-25-22(20)28(2)3)27-21-12-15-29(16-13-21)18-19-9-6-5-7-10-19;/h5-11,14,21H,4,12-13,15-18H2,1-3H3,(H2,24,26,27);1H. The van der Waals surface area contributed by atoms with Crippen LogP contribution in [-0.4, -0.2) is 55.6 Å². The molecule has 0 amide bonds. The predicted octanol–water partition coefficient (Wildman–Crippen LogP) is 3.49. The molecule has 7 heteroatoms. The SMILES string of the molecule is CCNC(=NCc1cccnc1N(C)C)NC1CCN(Cc2ccccc2)CC1.I. The van der Waals surface area contributed by atoms with Crippen molar-refractivity contribution in [2.24, 2.45) is 4.99 Å². The van der Waals surface area contributed by atoms with E-state index in [9.17, 15) is 0 Å². The number of anilines is 1. The molecule has 1 aliphatic rings. The van der Waals surface area contributed by atoms with E-state index in [-0.39, 0.29) is 24.0 Å². The van der Waals surface area contributed by atoms with E-state index < -0.39 is 0 Å². The van der Waals surface area contributed by atoms with Gasteiger partial charge in [-0.25, -0.2) is 9.98 Å². The Kier molecular flexibility index (Phi) is 10.4. The van der Waals surface area contributed by atoms with Crippen LogP contribution in [0.4, 0.5) is 5.82 Å². The van der Waals surface area contributed by atoms with Crippen LogP contribution in [0.3, 0.4) is 0 Å². The molecule has 30 heavy (non-hydrogen) atoms. The van der Waals surface area contributed by atoms with Crippen molar-refractivity contribution in [3.8, 4) is 0 Å². The van der Waals surface area contributed by atoms with Crippen molar-refractivity contribution in [1.29, 1.82) is 0 Å². The third-order valence-corrected chi connectivity index (χ3v) is 5.22. The Bertz CT molecular complexity index is 772. The summed E-state index contributed by atoms with van der Waals surface area (Å²) in [4.78, 5) is 13.9. The molecule has 0 atom stereocenters. The number of halogens is 1. The molecule has 1 aromatic carbocycles. The largest absolute Gasteiger partial charge is 0.362 e. The maximum Gasteiger partial charge on any atom is 0.191 e. The maximum absolute atomic E-state index is 4.82. The average molecular weight is 522 g/mol. The third-order valence-electron chi connectivity index (χ3n) is 5.22. The molecule has 1 fully saturated rings. The molecule has 0 unspecified atom stereocenters. The number of rotatable bonds is 7. The van der Waals surface area contributed by atoms with E-state index in [2.05, 4.69) is 63.8 Å². The number of benzene rings is 1. The van der Waals surface area contributed by atoms with E-state index in [1.54, 1.807) is 0 Å². The van der Waals surface area contributed by atoms with Crippen molar-refractivity contribution < 1.29 is 0 Å². The highest BCUT2D eigenvalue weighted by Gasteiger charge is 2.20. The minimum Gasteiger partial charge on any atom is -0.362 e. The van der Waals surface area contributed by atoms with Crippen LogP contribution in [0.1, 0.15) is 30.9 Å². The number of piperidine rings is 1. The molecular weight excluding hydrogens is 487 g/mol. The van der Waals surface area contributed by atoms with Crippen LogP contribution in [0, 0.1) is 0 Å². The molecule has 3 rings (SSSR count). The lowest BCUT2D eigenvalue weighted by Gasteiger charge is -2.33. The minimum atomic E-state index is 0. The van der Waals surface area contributed by atoms with Crippen molar-refractivity contribution in [3.63, 3.8) is 0 Å². The Morgan fingerprint density at radius 1 is 1.13 bits per heavy atom. The van der Waals surface area contributed by atoms with E-state index in [0.29, 0.717) is 12.6 Å². The van der Waals surface area contributed by atoms with Gasteiger partial charge in [0, 0.05) is 58.1 Å². The molecule has 2 heterocycles. The van der Waals surface area contributed by atoms with Gasteiger partial charge in [-0.15, -0.1) is 24.0 Å². The second-order valence-electron chi connectivity index (χ2n) is 7.76. The van der Waals surface area contributed by atoms with Crippen molar-refractivity contribution >= 4 is 35.8 Å². The second-order valence-corrected chi connectivity index (χ2v) is 7.76. The zero-order valence-corrected chi connectivity index (χ0v) is 20.7. The molecule has 1 aliphatic heterocycles. The fourth-order valence-electron chi connectivity index (χ4n) is 3.71. The zero-order chi connectivity index (χ0) is 20.5. The molecule has 1 saturated heterocycles. The van der Waals surface area contributed by atoms with Crippen LogP contribution in [0.5, 0.6) is 0 Å². The first-order valence-corrected chi connectivity index (χ1v) is 10.6. The lowest BCUT2D eigenvalue weighted by Crippen LogP contribution is -2.48. The molecule has 0 saturated carbocycles. The van der Waals surface area contributed by atoms with Gasteiger partial charge in [-0.05, 0) is 31.4 Å². The van der Waals surface area contributed by atoms with Gasteiger partial charge >= 0.3 is 0 Å². The number of nitrogens with zero attached hydrogens (tertiary/aromatic N) is 4. The summed E-state index contributed by atoms with van der Waals surface area (Å²) in [6.07, 6.45) is 4.09. The lowest BCUT2D eigenvalue weighted by molar-refractivity contribution is 0.198. The normalized spacial score (nSPS) is 15.4. The number of pyridine rings is 1. The van der Waals surface area contributed by atoms with Crippen molar-refractivity contribution in [2.75, 3.05) is 38.6 Å². The highest BCUT2D eigenvalue weighted by molar-refractivity contribution is 14.0. The number of hydrogen-bond acceptors (Lipinski definition) is 4. The minimum absolute atomic E-state index is 0. The number of nitrogens with one attached hydrogen (secondary N) is 2. The number of likely N-dealkylation sites (tertiary alicyclic amines) is 1. The Morgan fingerprint density at radius 2 is 1.87 bits per heavy atom. The van der Waals surface area contributed by atoms with Crippen molar-refractivity contribution in [2.45, 2.75) is 38.9 Å². The average Bonchev–Trinajstić information content (AvgIpc) is 2.74. The van der Waals surface area contributed by atoms with Crippen LogP contribution in [0.25, 0.3) is 0 Å². The van der Waals surface area contributed by atoms with E-state index >= 15 is 0 Å². The molecule has 0 radical (unpaired) electrons. The van der Waals surface area contributed by atoms with Gasteiger partial charge in [-0.1, -0.05) is 36.4 Å². The first-order chi connectivity index (χ1) is 14.2. The van der Waals surface area contributed by atoms with Gasteiger partial charge in [0.15, 0.2) is 5.96 Å². The van der Waals surface area contributed by atoms with Gasteiger partial charge in [-0.2, -0.15) is 0 Å². The van der Waals surface area contributed by atoms with Crippen LogP contribution in [0.2, 0.25) is 0 Å². The molecule has 0 aliphatic carbocycles. The monoisotopic (exact) mass is 522 g/mol. The number of aliphatic imine (C=N–C) groups is 1. The fourth-order valence-corrected chi connectivity index (χ4v) is 3.71. The van der Waals surface area contributed by atoms with Crippen LogP contribution in [0.15, 0.2) is 53.7 Å². The highest BCUT2D eigenvalue weighted by atomic mass is 127. The zero-order valence-electron chi connectivity index (χ0n) is 18.3.